The molecule has 0 aliphatic rings. The van der Waals surface area contributed by atoms with E-state index in [9.17, 15) is 0 Å². The first-order valence-electron chi connectivity index (χ1n) is 9.81. The second kappa shape index (κ2) is 6.34. The van der Waals surface area contributed by atoms with E-state index in [0.717, 1.165) is 5.02 Å². The summed E-state index contributed by atoms with van der Waals surface area (Å²) in [5, 5.41) is 8.60. The summed E-state index contributed by atoms with van der Waals surface area (Å²) in [6.45, 7) is 0. The summed E-state index contributed by atoms with van der Waals surface area (Å²) >= 11 is 6.12. The Hall–Kier alpha value is -3.35. The van der Waals surface area contributed by atoms with E-state index in [1.807, 2.05) is 12.1 Å². The highest BCUT2D eigenvalue weighted by Gasteiger charge is 2.14. The van der Waals surface area contributed by atoms with Crippen molar-refractivity contribution in [1.82, 2.24) is 0 Å². The van der Waals surface area contributed by atoms with Gasteiger partial charge in [-0.3, -0.25) is 0 Å². The van der Waals surface area contributed by atoms with E-state index in [2.05, 4.69) is 91.0 Å². The van der Waals surface area contributed by atoms with Crippen molar-refractivity contribution in [3.63, 3.8) is 0 Å². The molecule has 6 rings (SSSR count). The molecule has 0 N–H and O–H groups in total. The molecule has 6 aromatic rings. The van der Waals surface area contributed by atoms with Gasteiger partial charge in [0.15, 0.2) is 0 Å². The Balaban J connectivity index is 1.73. The standard InChI is InChI=1S/C28H17Cl/c29-22-12-6-19(7-13-22)24-15-9-21-10-16-25-23(18-4-2-1-3-5-18)14-8-20-11-17-26(24)28(21)27(20)25/h1-17H. The summed E-state index contributed by atoms with van der Waals surface area (Å²) in [5.41, 5.74) is 4.97. The lowest BCUT2D eigenvalue weighted by atomic mass is 9.87. The van der Waals surface area contributed by atoms with Gasteiger partial charge in [0, 0.05) is 5.02 Å². The van der Waals surface area contributed by atoms with Crippen LogP contribution in [0.1, 0.15) is 0 Å². The van der Waals surface area contributed by atoms with Gasteiger partial charge in [-0.05, 0) is 66.7 Å². The highest BCUT2D eigenvalue weighted by Crippen LogP contribution is 2.42. The van der Waals surface area contributed by atoms with Gasteiger partial charge in [-0.25, -0.2) is 0 Å². The van der Waals surface area contributed by atoms with Crippen molar-refractivity contribution in [2.45, 2.75) is 0 Å². The third-order valence-electron chi connectivity index (χ3n) is 5.90. The van der Waals surface area contributed by atoms with Crippen LogP contribution < -0.4 is 0 Å². The number of hydrogen-bond donors (Lipinski definition) is 0. The van der Waals surface area contributed by atoms with E-state index in [-0.39, 0.29) is 0 Å². The van der Waals surface area contributed by atoms with E-state index < -0.39 is 0 Å². The molecule has 0 aliphatic carbocycles. The Morgan fingerprint density at radius 1 is 0.414 bits per heavy atom. The van der Waals surface area contributed by atoms with Gasteiger partial charge in [0.2, 0.25) is 0 Å². The molecule has 0 spiro atoms. The average Bonchev–Trinajstić information content (AvgIpc) is 2.78. The third-order valence-corrected chi connectivity index (χ3v) is 6.16. The Labute approximate surface area is 174 Å². The fourth-order valence-corrected chi connectivity index (χ4v) is 4.68. The summed E-state index contributed by atoms with van der Waals surface area (Å²) < 4.78 is 0. The van der Waals surface area contributed by atoms with Gasteiger partial charge in [-0.15, -0.1) is 0 Å². The van der Waals surface area contributed by atoms with Gasteiger partial charge >= 0.3 is 0 Å². The van der Waals surface area contributed by atoms with Crippen LogP contribution in [0.25, 0.3) is 54.6 Å². The molecule has 0 nitrogen and oxygen atoms in total. The molecule has 6 aromatic carbocycles. The molecule has 1 heteroatoms. The molecule has 0 aliphatic heterocycles. The van der Waals surface area contributed by atoms with Crippen LogP contribution in [0.5, 0.6) is 0 Å². The van der Waals surface area contributed by atoms with Crippen molar-refractivity contribution in [2.75, 3.05) is 0 Å². The highest BCUT2D eigenvalue weighted by atomic mass is 35.5. The SMILES string of the molecule is Clc1ccc(-c2ccc3ccc4c(-c5ccccc5)ccc5ccc2c3c54)cc1. The molecule has 0 bridgehead atoms. The molecule has 0 heterocycles. The van der Waals surface area contributed by atoms with Gasteiger partial charge in [-0.1, -0.05) is 103 Å². The fourth-order valence-electron chi connectivity index (χ4n) is 4.55. The maximum absolute atomic E-state index is 6.12. The van der Waals surface area contributed by atoms with Gasteiger partial charge in [0.1, 0.15) is 0 Å². The van der Waals surface area contributed by atoms with Crippen molar-refractivity contribution in [3.05, 3.63) is 108 Å². The monoisotopic (exact) mass is 388 g/mol. The summed E-state index contributed by atoms with van der Waals surface area (Å²) in [5.74, 6) is 0. The molecule has 0 unspecified atom stereocenters. The zero-order valence-electron chi connectivity index (χ0n) is 15.7. The summed E-state index contributed by atoms with van der Waals surface area (Å²) in [6, 6.07) is 36.8. The van der Waals surface area contributed by atoms with Crippen LogP contribution in [0.2, 0.25) is 5.02 Å². The van der Waals surface area contributed by atoms with Crippen LogP contribution in [0.4, 0.5) is 0 Å². The molecule has 0 fully saturated rings. The lowest BCUT2D eigenvalue weighted by Gasteiger charge is -2.16. The van der Waals surface area contributed by atoms with Crippen LogP contribution in [-0.4, -0.2) is 0 Å². The van der Waals surface area contributed by atoms with Crippen LogP contribution in [0.15, 0.2) is 103 Å². The smallest absolute Gasteiger partial charge is 0.0406 e. The maximum atomic E-state index is 6.12. The second-order valence-corrected chi connectivity index (χ2v) is 7.96. The topological polar surface area (TPSA) is 0 Å². The Morgan fingerprint density at radius 2 is 0.897 bits per heavy atom. The van der Waals surface area contributed by atoms with E-state index in [0.29, 0.717) is 0 Å². The van der Waals surface area contributed by atoms with Crippen molar-refractivity contribution in [3.8, 4) is 22.3 Å². The summed E-state index contributed by atoms with van der Waals surface area (Å²) in [6.07, 6.45) is 0. The Bertz CT molecular complexity index is 1480. The first-order valence-corrected chi connectivity index (χ1v) is 10.2. The molecule has 0 saturated heterocycles. The number of hydrogen-bond acceptors (Lipinski definition) is 0. The number of benzene rings is 6. The molecule has 0 saturated carbocycles. The lowest BCUT2D eigenvalue weighted by molar-refractivity contribution is 1.65. The quantitative estimate of drug-likeness (QED) is 0.260. The molecule has 0 aromatic heterocycles. The second-order valence-electron chi connectivity index (χ2n) is 7.52. The normalized spacial score (nSPS) is 11.6. The number of rotatable bonds is 2. The number of halogens is 1. The molecule has 136 valence electrons. The van der Waals surface area contributed by atoms with Crippen molar-refractivity contribution in [1.29, 1.82) is 0 Å². The molecule has 0 radical (unpaired) electrons. The van der Waals surface area contributed by atoms with E-state index in [1.165, 1.54) is 54.6 Å². The predicted molar refractivity (Wildman–Crippen MR) is 126 cm³/mol. The summed E-state index contributed by atoms with van der Waals surface area (Å²) in [7, 11) is 0. The van der Waals surface area contributed by atoms with Gasteiger partial charge in [0.05, 0.1) is 0 Å². The molecular weight excluding hydrogens is 372 g/mol. The first kappa shape index (κ1) is 16.6. The maximum Gasteiger partial charge on any atom is 0.0406 e. The lowest BCUT2D eigenvalue weighted by Crippen LogP contribution is -1.89. The van der Waals surface area contributed by atoms with Crippen LogP contribution >= 0.6 is 11.6 Å². The fraction of sp³-hybridized carbons (Fsp3) is 0. The Morgan fingerprint density at radius 3 is 1.45 bits per heavy atom. The predicted octanol–water partition coefficient (Wildman–Crippen LogP) is 8.57. The Kier molecular flexibility index (Phi) is 3.62. The van der Waals surface area contributed by atoms with Gasteiger partial charge < -0.3 is 0 Å². The highest BCUT2D eigenvalue weighted by molar-refractivity contribution is 6.31. The zero-order chi connectivity index (χ0) is 19.4. The van der Waals surface area contributed by atoms with Gasteiger partial charge in [-0.2, -0.15) is 0 Å². The van der Waals surface area contributed by atoms with Crippen molar-refractivity contribution < 1.29 is 0 Å². The van der Waals surface area contributed by atoms with Crippen LogP contribution in [0.3, 0.4) is 0 Å². The average molecular weight is 389 g/mol. The van der Waals surface area contributed by atoms with Crippen molar-refractivity contribution in [2.24, 2.45) is 0 Å². The summed E-state index contributed by atoms with van der Waals surface area (Å²) in [4.78, 5) is 0. The van der Waals surface area contributed by atoms with Gasteiger partial charge in [0.25, 0.3) is 0 Å². The largest absolute Gasteiger partial charge is 0.0843 e. The minimum atomic E-state index is 0.763. The van der Waals surface area contributed by atoms with E-state index >= 15 is 0 Å². The third kappa shape index (κ3) is 2.53. The minimum Gasteiger partial charge on any atom is -0.0843 e. The van der Waals surface area contributed by atoms with E-state index in [4.69, 9.17) is 11.6 Å². The minimum absolute atomic E-state index is 0.763. The molecule has 0 amide bonds. The first-order chi connectivity index (χ1) is 14.3. The van der Waals surface area contributed by atoms with Crippen molar-refractivity contribution >= 4 is 43.9 Å². The van der Waals surface area contributed by atoms with E-state index in [1.54, 1.807) is 0 Å². The molecule has 29 heavy (non-hydrogen) atoms. The molecular formula is C28H17Cl. The molecule has 0 atom stereocenters. The van der Waals surface area contributed by atoms with Crippen LogP contribution in [-0.2, 0) is 0 Å². The zero-order valence-corrected chi connectivity index (χ0v) is 16.4. The van der Waals surface area contributed by atoms with Crippen LogP contribution in [0, 0.1) is 0 Å².